The number of sulfone groups is 1. The van der Waals surface area contributed by atoms with Gasteiger partial charge in [-0.05, 0) is 0 Å². The fourth-order valence-electron chi connectivity index (χ4n) is 3.05. The summed E-state index contributed by atoms with van der Waals surface area (Å²) >= 11 is 0.266. The molecule has 0 aliphatic carbocycles. The van der Waals surface area contributed by atoms with E-state index in [1.165, 1.54) is 10.0 Å². The Kier molecular flexibility index (Phi) is 7.88. The van der Waals surface area contributed by atoms with Crippen molar-refractivity contribution in [3.8, 4) is 0 Å². The molecule has 0 saturated carbocycles. The molecule has 0 spiro atoms. The van der Waals surface area contributed by atoms with Crippen LogP contribution in [0.25, 0.3) is 0 Å². The number of hydrogen-bond acceptors (Lipinski definition) is 2. The van der Waals surface area contributed by atoms with Gasteiger partial charge in [-0.2, -0.15) is 0 Å². The zero-order valence-electron chi connectivity index (χ0n) is 16.6. The van der Waals surface area contributed by atoms with E-state index in [4.69, 9.17) is 0 Å². The van der Waals surface area contributed by atoms with E-state index in [-0.39, 0.29) is 15.0 Å². The van der Waals surface area contributed by atoms with E-state index in [2.05, 4.69) is 24.3 Å². The molecule has 3 rings (SSSR count). The van der Waals surface area contributed by atoms with E-state index in [9.17, 15) is 8.42 Å². The van der Waals surface area contributed by atoms with Gasteiger partial charge in [0, 0.05) is 0 Å². The minimum atomic E-state index is -3.46. The molecule has 0 aliphatic heterocycles. The van der Waals surface area contributed by atoms with Gasteiger partial charge in [-0.3, -0.25) is 0 Å². The van der Waals surface area contributed by atoms with E-state index >= 15 is 0 Å². The topological polar surface area (TPSA) is 34.1 Å². The van der Waals surface area contributed by atoms with Crippen LogP contribution in [0, 0.1) is 6.92 Å². The molecule has 2 nitrogen and oxygen atoms in total. The molecule has 0 heterocycles. The Morgan fingerprint density at radius 1 is 0.862 bits per heavy atom. The molecule has 0 aliphatic rings. The molecule has 0 amide bonds. The van der Waals surface area contributed by atoms with Crippen molar-refractivity contribution in [2.45, 2.75) is 36.4 Å². The van der Waals surface area contributed by atoms with Crippen molar-refractivity contribution in [1.82, 2.24) is 0 Å². The quantitative estimate of drug-likeness (QED) is 0.408. The molecule has 0 unspecified atom stereocenters. The van der Waals surface area contributed by atoms with Crippen LogP contribution < -0.4 is 4.46 Å². The standard InChI is InChI=1S/C25H26O2SSe/c1-21-15-17-24(18-16-21)28(26,27)23(12-8-11-22-9-4-2-5-10-22)19-20-29-25-13-6-3-7-14-25/h2-7,9-10,12-18H,8,11,19-20H2,1H3/b23-12-. The molecule has 4 heteroatoms. The molecule has 3 aromatic carbocycles. The number of benzene rings is 3. The van der Waals surface area contributed by atoms with Crippen molar-refractivity contribution < 1.29 is 8.42 Å². The molecule has 29 heavy (non-hydrogen) atoms. The van der Waals surface area contributed by atoms with Gasteiger partial charge in [0.2, 0.25) is 0 Å². The van der Waals surface area contributed by atoms with E-state index in [1.807, 2.05) is 61.5 Å². The van der Waals surface area contributed by atoms with Crippen LogP contribution in [0.5, 0.6) is 0 Å². The first-order chi connectivity index (χ1) is 14.1. The fraction of sp³-hybridized carbons (Fsp3) is 0.200. The second-order valence-corrected chi connectivity index (χ2v) is 11.4. The number of hydrogen-bond donors (Lipinski definition) is 0. The molecular formula is C25H26O2SSe. The zero-order valence-corrected chi connectivity index (χ0v) is 19.2. The van der Waals surface area contributed by atoms with Crippen LogP contribution in [0.2, 0.25) is 5.32 Å². The Morgan fingerprint density at radius 2 is 1.48 bits per heavy atom. The van der Waals surface area contributed by atoms with Crippen molar-refractivity contribution in [3.05, 3.63) is 107 Å². The Labute approximate surface area is 180 Å². The van der Waals surface area contributed by atoms with Gasteiger partial charge in [-0.25, -0.2) is 0 Å². The van der Waals surface area contributed by atoms with Crippen molar-refractivity contribution in [1.29, 1.82) is 0 Å². The number of aryl methyl sites for hydroxylation is 2. The van der Waals surface area contributed by atoms with E-state index < -0.39 is 9.84 Å². The Hall–Kier alpha value is -2.13. The van der Waals surface area contributed by atoms with Crippen LogP contribution in [0.15, 0.2) is 101 Å². The van der Waals surface area contributed by atoms with Crippen LogP contribution >= 0.6 is 0 Å². The SMILES string of the molecule is Cc1ccc(S(=O)(=O)/C(=C\CCc2ccccc2)CC[Se]c2ccccc2)cc1. The number of allylic oxidation sites excluding steroid dienone is 2. The van der Waals surface area contributed by atoms with Gasteiger partial charge >= 0.3 is 181 Å². The van der Waals surface area contributed by atoms with Gasteiger partial charge in [-0.1, -0.05) is 0 Å². The van der Waals surface area contributed by atoms with Crippen molar-refractivity contribution in [3.63, 3.8) is 0 Å². The fourth-order valence-corrected chi connectivity index (χ4v) is 6.75. The van der Waals surface area contributed by atoms with Gasteiger partial charge in [0.15, 0.2) is 0 Å². The van der Waals surface area contributed by atoms with E-state index in [0.29, 0.717) is 16.2 Å². The third kappa shape index (κ3) is 6.43. The summed E-state index contributed by atoms with van der Waals surface area (Å²) in [6.45, 7) is 1.97. The van der Waals surface area contributed by atoms with E-state index in [1.54, 1.807) is 12.1 Å². The maximum absolute atomic E-state index is 13.3. The monoisotopic (exact) mass is 470 g/mol. The Balaban J connectivity index is 1.76. The molecule has 0 fully saturated rings. The molecule has 0 radical (unpaired) electrons. The Morgan fingerprint density at radius 3 is 2.14 bits per heavy atom. The molecule has 0 bridgehead atoms. The predicted molar refractivity (Wildman–Crippen MR) is 122 cm³/mol. The first-order valence-electron chi connectivity index (χ1n) is 9.78. The normalized spacial score (nSPS) is 12.1. The summed E-state index contributed by atoms with van der Waals surface area (Å²) < 4.78 is 27.8. The maximum atomic E-state index is 13.3. The first kappa shape index (κ1) is 21.6. The van der Waals surface area contributed by atoms with Crippen molar-refractivity contribution in [2.24, 2.45) is 0 Å². The molecular weight excluding hydrogens is 443 g/mol. The summed E-state index contributed by atoms with van der Waals surface area (Å²) in [6.07, 6.45) is 4.09. The van der Waals surface area contributed by atoms with Gasteiger partial charge in [-0.15, -0.1) is 0 Å². The third-order valence-electron chi connectivity index (χ3n) is 4.68. The van der Waals surface area contributed by atoms with Crippen LogP contribution in [0.4, 0.5) is 0 Å². The first-order valence-corrected chi connectivity index (χ1v) is 13.3. The second kappa shape index (κ2) is 10.6. The van der Waals surface area contributed by atoms with Crippen LogP contribution in [0.1, 0.15) is 24.0 Å². The molecule has 150 valence electrons. The molecule has 0 N–H and O–H groups in total. The summed E-state index contributed by atoms with van der Waals surface area (Å²) in [7, 11) is -3.46. The summed E-state index contributed by atoms with van der Waals surface area (Å²) in [4.78, 5) is 0.941. The van der Waals surface area contributed by atoms with Gasteiger partial charge in [0.05, 0.1) is 0 Å². The molecule has 0 aromatic heterocycles. The summed E-state index contributed by atoms with van der Waals surface area (Å²) in [6, 6.07) is 27.7. The van der Waals surface area contributed by atoms with Crippen LogP contribution in [-0.4, -0.2) is 23.4 Å². The third-order valence-corrected chi connectivity index (χ3v) is 8.77. The van der Waals surface area contributed by atoms with Gasteiger partial charge < -0.3 is 0 Å². The number of rotatable bonds is 9. The molecule has 3 aromatic rings. The second-order valence-electron chi connectivity index (χ2n) is 6.92. The van der Waals surface area contributed by atoms with Gasteiger partial charge in [0.25, 0.3) is 0 Å². The Bertz CT molecular complexity index is 1030. The van der Waals surface area contributed by atoms with Crippen molar-refractivity contribution >= 4 is 29.3 Å². The zero-order chi connectivity index (χ0) is 20.5. The predicted octanol–water partition coefficient (Wildman–Crippen LogP) is 5.12. The molecule has 0 saturated heterocycles. The summed E-state index contributed by atoms with van der Waals surface area (Å²) in [5, 5.41) is 0.874. The minimum absolute atomic E-state index is 0.266. The van der Waals surface area contributed by atoms with Crippen LogP contribution in [0.3, 0.4) is 0 Å². The average Bonchev–Trinajstić information content (AvgIpc) is 2.74. The summed E-state index contributed by atoms with van der Waals surface area (Å²) in [5.74, 6) is 0. The molecule has 0 atom stereocenters. The van der Waals surface area contributed by atoms with E-state index in [0.717, 1.165) is 23.7 Å². The van der Waals surface area contributed by atoms with Gasteiger partial charge in [0.1, 0.15) is 0 Å². The van der Waals surface area contributed by atoms with Crippen molar-refractivity contribution in [2.75, 3.05) is 0 Å². The van der Waals surface area contributed by atoms with Crippen LogP contribution in [-0.2, 0) is 16.3 Å². The summed E-state index contributed by atoms with van der Waals surface area (Å²) in [5.41, 5.74) is 2.29. The average molecular weight is 470 g/mol.